The Hall–Kier alpha value is -2.68. The molecule has 0 aliphatic heterocycles. The molecule has 9 heteroatoms. The number of nitrogen functional groups attached to an aromatic ring is 1. The third kappa shape index (κ3) is 3.30. The number of H-pyrrole nitrogens is 1. The predicted molar refractivity (Wildman–Crippen MR) is 95.5 cm³/mol. The summed E-state index contributed by atoms with van der Waals surface area (Å²) in [4.78, 5) is 12.7. The van der Waals surface area contributed by atoms with E-state index in [2.05, 4.69) is 51.7 Å². The fraction of sp³-hybridized carbons (Fsp3) is 0.200. The van der Waals surface area contributed by atoms with E-state index >= 15 is 0 Å². The highest BCUT2D eigenvalue weighted by molar-refractivity contribution is 9.10. The summed E-state index contributed by atoms with van der Waals surface area (Å²) in [6.45, 7) is 0. The average molecular weight is 387 g/mol. The number of nitrogens with zero attached hydrogens (tertiary/aromatic N) is 4. The zero-order chi connectivity index (χ0) is 16.5. The number of anilines is 5. The fourth-order valence-corrected chi connectivity index (χ4v) is 2.53. The fourth-order valence-electron chi connectivity index (χ4n) is 2.24. The maximum Gasteiger partial charge on any atom is 0.229 e. The lowest BCUT2D eigenvalue weighted by molar-refractivity contribution is 0.966. The van der Waals surface area contributed by atoms with Gasteiger partial charge in [-0.2, -0.15) is 10.1 Å². The zero-order valence-electron chi connectivity index (χ0n) is 12.6. The van der Waals surface area contributed by atoms with Crippen LogP contribution in [0.5, 0.6) is 0 Å². The molecular weight excluding hydrogens is 372 g/mol. The lowest BCUT2D eigenvalue weighted by Gasteiger charge is -2.09. The van der Waals surface area contributed by atoms with Crippen molar-refractivity contribution in [3.63, 3.8) is 0 Å². The van der Waals surface area contributed by atoms with E-state index in [0.717, 1.165) is 21.7 Å². The Kier molecular flexibility index (Phi) is 3.77. The Labute approximate surface area is 146 Å². The van der Waals surface area contributed by atoms with Gasteiger partial charge in [-0.1, -0.05) is 0 Å². The lowest BCUT2D eigenvalue weighted by atomic mass is 10.3. The van der Waals surface area contributed by atoms with Crippen molar-refractivity contribution >= 4 is 45.0 Å². The predicted octanol–water partition coefficient (Wildman–Crippen LogP) is 3.30. The van der Waals surface area contributed by atoms with E-state index in [-0.39, 0.29) is 0 Å². The third-order valence-electron chi connectivity index (χ3n) is 3.63. The molecule has 3 aromatic heterocycles. The second-order valence-corrected chi connectivity index (χ2v) is 6.45. The van der Waals surface area contributed by atoms with Crippen molar-refractivity contribution in [1.82, 2.24) is 25.1 Å². The van der Waals surface area contributed by atoms with Gasteiger partial charge in [0.05, 0.1) is 22.1 Å². The smallest absolute Gasteiger partial charge is 0.229 e. The minimum Gasteiger partial charge on any atom is -0.384 e. The summed E-state index contributed by atoms with van der Waals surface area (Å²) in [5, 5.41) is 13.6. The van der Waals surface area contributed by atoms with Crippen LogP contribution in [0.3, 0.4) is 0 Å². The summed E-state index contributed by atoms with van der Waals surface area (Å²) in [6.07, 6.45) is 5.74. The Bertz CT molecular complexity index is 856. The molecule has 0 amide bonds. The monoisotopic (exact) mass is 386 g/mol. The van der Waals surface area contributed by atoms with E-state index < -0.39 is 0 Å². The highest BCUT2D eigenvalue weighted by Crippen LogP contribution is 2.39. The van der Waals surface area contributed by atoms with Gasteiger partial charge in [-0.3, -0.25) is 5.10 Å². The van der Waals surface area contributed by atoms with Crippen LogP contribution in [0.2, 0.25) is 0 Å². The molecule has 4 rings (SSSR count). The summed E-state index contributed by atoms with van der Waals surface area (Å²) in [6, 6.07) is 5.55. The molecule has 24 heavy (non-hydrogen) atoms. The van der Waals surface area contributed by atoms with Gasteiger partial charge >= 0.3 is 0 Å². The topological polar surface area (TPSA) is 117 Å². The molecule has 1 saturated carbocycles. The van der Waals surface area contributed by atoms with Crippen LogP contribution in [0.25, 0.3) is 0 Å². The van der Waals surface area contributed by atoms with Gasteiger partial charge in [0.2, 0.25) is 5.95 Å². The highest BCUT2D eigenvalue weighted by Gasteiger charge is 2.26. The Morgan fingerprint density at radius 1 is 1.17 bits per heavy atom. The molecule has 1 aliphatic carbocycles. The summed E-state index contributed by atoms with van der Waals surface area (Å²) in [5.74, 6) is 2.96. The van der Waals surface area contributed by atoms with E-state index in [9.17, 15) is 0 Å². The number of aromatic nitrogens is 5. The first kappa shape index (κ1) is 14.9. The number of rotatable bonds is 5. The van der Waals surface area contributed by atoms with Gasteiger partial charge in [0.25, 0.3) is 0 Å². The maximum absolute atomic E-state index is 5.58. The van der Waals surface area contributed by atoms with Crippen LogP contribution in [0.1, 0.15) is 24.5 Å². The number of hydrogen-bond donors (Lipinski definition) is 4. The highest BCUT2D eigenvalue weighted by atomic mass is 79.9. The number of aromatic amines is 1. The van der Waals surface area contributed by atoms with E-state index in [1.165, 1.54) is 12.8 Å². The van der Waals surface area contributed by atoms with Gasteiger partial charge in [-0.25, -0.2) is 9.97 Å². The number of nitrogens with two attached hydrogens (primary N) is 1. The number of hydrogen-bond acceptors (Lipinski definition) is 7. The normalized spacial score (nSPS) is 13.7. The van der Waals surface area contributed by atoms with Crippen molar-refractivity contribution in [2.24, 2.45) is 0 Å². The van der Waals surface area contributed by atoms with Crippen LogP contribution >= 0.6 is 15.9 Å². The molecule has 0 atom stereocenters. The molecule has 0 bridgehead atoms. The van der Waals surface area contributed by atoms with Crippen molar-refractivity contribution in [3.05, 3.63) is 40.8 Å². The van der Waals surface area contributed by atoms with Crippen molar-refractivity contribution in [3.8, 4) is 0 Å². The first-order valence-corrected chi connectivity index (χ1v) is 8.30. The standard InChI is InChI=1S/C15H15BrN8/c16-10-7-19-15(20-9-3-4-12(17)18-6-9)22-14(10)21-13-5-11(23-24-13)8-1-2-8/h3-8H,1-2H2,(H2,17,18)(H3,19,20,21,22,23,24). The Balaban J connectivity index is 1.52. The van der Waals surface area contributed by atoms with Crippen molar-refractivity contribution < 1.29 is 0 Å². The zero-order valence-corrected chi connectivity index (χ0v) is 14.2. The van der Waals surface area contributed by atoms with Gasteiger partial charge in [0, 0.05) is 18.2 Å². The summed E-state index contributed by atoms with van der Waals surface area (Å²) in [5.41, 5.74) is 7.43. The summed E-state index contributed by atoms with van der Waals surface area (Å²) < 4.78 is 0.756. The first-order chi connectivity index (χ1) is 11.7. The van der Waals surface area contributed by atoms with E-state index in [4.69, 9.17) is 5.73 Å². The van der Waals surface area contributed by atoms with Gasteiger partial charge in [0.15, 0.2) is 5.82 Å². The quantitative estimate of drug-likeness (QED) is 0.531. The third-order valence-corrected chi connectivity index (χ3v) is 4.21. The maximum atomic E-state index is 5.58. The van der Waals surface area contributed by atoms with Gasteiger partial charge in [-0.05, 0) is 40.9 Å². The molecule has 1 fully saturated rings. The van der Waals surface area contributed by atoms with Crippen molar-refractivity contribution in [2.75, 3.05) is 16.4 Å². The molecule has 5 N–H and O–H groups in total. The molecule has 0 spiro atoms. The second-order valence-electron chi connectivity index (χ2n) is 5.59. The second kappa shape index (κ2) is 6.08. The molecule has 3 aromatic rings. The van der Waals surface area contributed by atoms with Crippen LogP contribution in [0.4, 0.5) is 29.1 Å². The number of pyridine rings is 1. The van der Waals surface area contributed by atoms with Crippen LogP contribution in [0, 0.1) is 0 Å². The largest absolute Gasteiger partial charge is 0.384 e. The molecule has 0 aromatic carbocycles. The number of nitrogens with one attached hydrogen (secondary N) is 3. The average Bonchev–Trinajstić information content (AvgIpc) is 3.33. The molecule has 0 saturated heterocycles. The molecule has 0 unspecified atom stereocenters. The molecule has 122 valence electrons. The Morgan fingerprint density at radius 3 is 2.79 bits per heavy atom. The molecule has 8 nitrogen and oxygen atoms in total. The summed E-state index contributed by atoms with van der Waals surface area (Å²) in [7, 11) is 0. The molecule has 1 aliphatic rings. The Morgan fingerprint density at radius 2 is 2.04 bits per heavy atom. The minimum absolute atomic E-state index is 0.453. The van der Waals surface area contributed by atoms with Gasteiger partial charge in [-0.15, -0.1) is 0 Å². The van der Waals surface area contributed by atoms with E-state index in [0.29, 0.717) is 23.5 Å². The van der Waals surface area contributed by atoms with E-state index in [1.807, 2.05) is 12.1 Å². The van der Waals surface area contributed by atoms with Crippen LogP contribution in [-0.4, -0.2) is 25.1 Å². The first-order valence-electron chi connectivity index (χ1n) is 7.51. The van der Waals surface area contributed by atoms with Gasteiger partial charge < -0.3 is 16.4 Å². The van der Waals surface area contributed by atoms with Crippen LogP contribution < -0.4 is 16.4 Å². The van der Waals surface area contributed by atoms with Gasteiger partial charge in [0.1, 0.15) is 11.6 Å². The lowest BCUT2D eigenvalue weighted by Crippen LogP contribution is -2.02. The molecule has 0 radical (unpaired) electrons. The SMILES string of the molecule is Nc1ccc(Nc2ncc(Br)c(Nc3cc(C4CC4)n[nH]3)n2)cn1. The summed E-state index contributed by atoms with van der Waals surface area (Å²) >= 11 is 3.45. The van der Waals surface area contributed by atoms with Crippen LogP contribution in [0.15, 0.2) is 35.1 Å². The molecule has 3 heterocycles. The van der Waals surface area contributed by atoms with Crippen molar-refractivity contribution in [1.29, 1.82) is 0 Å². The number of halogens is 1. The van der Waals surface area contributed by atoms with Crippen molar-refractivity contribution in [2.45, 2.75) is 18.8 Å². The van der Waals surface area contributed by atoms with E-state index in [1.54, 1.807) is 18.5 Å². The molecular formula is C15H15BrN8. The minimum atomic E-state index is 0.453. The van der Waals surface area contributed by atoms with Crippen LogP contribution in [-0.2, 0) is 0 Å².